The monoisotopic (exact) mass is 333 g/mol. The predicted molar refractivity (Wildman–Crippen MR) is 89.7 cm³/mol. The number of halogens is 1. The summed E-state index contributed by atoms with van der Waals surface area (Å²) >= 11 is 5.96. The molecular weight excluding hydrogens is 314 g/mol. The maximum Gasteiger partial charge on any atom is 0.322 e. The van der Waals surface area contributed by atoms with Crippen LogP contribution in [0.5, 0.6) is 0 Å². The molecule has 3 rings (SSSR count). The smallest absolute Gasteiger partial charge is 0.322 e. The van der Waals surface area contributed by atoms with Crippen LogP contribution in [0.15, 0.2) is 34.9 Å². The molecule has 2 aromatic rings. The lowest BCUT2D eigenvalue weighted by molar-refractivity contribution is 0.195. The number of benzene rings is 1. The molecule has 1 N–H and O–H groups in total. The molecule has 1 saturated heterocycles. The highest BCUT2D eigenvalue weighted by molar-refractivity contribution is 6.30. The van der Waals surface area contributed by atoms with E-state index >= 15 is 0 Å². The van der Waals surface area contributed by atoms with Gasteiger partial charge in [-0.3, -0.25) is 0 Å². The molecule has 0 aliphatic carbocycles. The van der Waals surface area contributed by atoms with Crippen molar-refractivity contribution in [2.45, 2.75) is 38.6 Å². The molecule has 23 heavy (non-hydrogen) atoms. The first-order valence-electron chi connectivity index (χ1n) is 7.84. The number of nitrogens with one attached hydrogen (secondary N) is 1. The number of rotatable bonds is 3. The third kappa shape index (κ3) is 3.50. The van der Waals surface area contributed by atoms with Crippen LogP contribution in [0.2, 0.25) is 5.02 Å². The van der Waals surface area contributed by atoms with Crippen molar-refractivity contribution >= 4 is 23.3 Å². The molecule has 1 atom stereocenters. The molecule has 2 heterocycles. The highest BCUT2D eigenvalue weighted by atomic mass is 35.5. The second-order valence-corrected chi connectivity index (χ2v) is 6.54. The van der Waals surface area contributed by atoms with Crippen LogP contribution in [0.1, 0.15) is 50.1 Å². The number of hydrogen-bond donors (Lipinski definition) is 1. The summed E-state index contributed by atoms with van der Waals surface area (Å²) in [6.07, 6.45) is 1.83. The standard InChI is InChI=1S/C17H20ClN3O2/c1-11(2)14-10-16(23-20-14)15-7-4-8-21(15)17(22)19-13-6-3-5-12(18)9-13/h3,5-6,9-11,15H,4,7-8H2,1-2H3,(H,19,22)/t15-/m1/s1. The highest BCUT2D eigenvalue weighted by Gasteiger charge is 2.33. The SMILES string of the molecule is CC(C)c1cc([C@H]2CCCN2C(=O)Nc2cccc(Cl)c2)on1. The van der Waals surface area contributed by atoms with E-state index in [0.717, 1.165) is 24.3 Å². The van der Waals surface area contributed by atoms with Gasteiger partial charge in [0, 0.05) is 23.3 Å². The Labute approximate surface area is 140 Å². The van der Waals surface area contributed by atoms with Crippen LogP contribution in [0.3, 0.4) is 0 Å². The van der Waals surface area contributed by atoms with E-state index in [1.54, 1.807) is 17.0 Å². The number of likely N-dealkylation sites (tertiary alicyclic amines) is 1. The number of anilines is 1. The van der Waals surface area contributed by atoms with Crippen LogP contribution in [0.25, 0.3) is 0 Å². The van der Waals surface area contributed by atoms with Gasteiger partial charge in [-0.2, -0.15) is 0 Å². The summed E-state index contributed by atoms with van der Waals surface area (Å²) in [5.74, 6) is 1.06. The number of carbonyl (C=O) groups is 1. The fourth-order valence-corrected chi connectivity index (χ4v) is 2.99. The molecule has 0 unspecified atom stereocenters. The molecule has 5 nitrogen and oxygen atoms in total. The van der Waals surface area contributed by atoms with Crippen LogP contribution in [0, 0.1) is 0 Å². The molecule has 6 heteroatoms. The first-order chi connectivity index (χ1) is 11.0. The van der Waals surface area contributed by atoms with Gasteiger partial charge in [0.1, 0.15) is 0 Å². The van der Waals surface area contributed by atoms with E-state index in [1.807, 2.05) is 18.2 Å². The van der Waals surface area contributed by atoms with E-state index in [9.17, 15) is 4.79 Å². The van der Waals surface area contributed by atoms with Crippen molar-refractivity contribution < 1.29 is 9.32 Å². The molecule has 0 radical (unpaired) electrons. The third-order valence-corrected chi connectivity index (χ3v) is 4.29. The quantitative estimate of drug-likeness (QED) is 0.876. The second kappa shape index (κ2) is 6.62. The van der Waals surface area contributed by atoms with Gasteiger partial charge in [-0.25, -0.2) is 4.79 Å². The summed E-state index contributed by atoms with van der Waals surface area (Å²) in [6, 6.07) is 8.89. The summed E-state index contributed by atoms with van der Waals surface area (Å²) in [7, 11) is 0. The van der Waals surface area contributed by atoms with E-state index in [4.69, 9.17) is 16.1 Å². The van der Waals surface area contributed by atoms with E-state index in [2.05, 4.69) is 24.3 Å². The number of nitrogens with zero attached hydrogens (tertiary/aromatic N) is 2. The zero-order valence-corrected chi connectivity index (χ0v) is 14.0. The van der Waals surface area contributed by atoms with Crippen LogP contribution in [0.4, 0.5) is 10.5 Å². The first kappa shape index (κ1) is 15.9. The van der Waals surface area contributed by atoms with Gasteiger partial charge in [-0.15, -0.1) is 0 Å². The summed E-state index contributed by atoms with van der Waals surface area (Å²) in [5, 5.41) is 7.59. The van der Waals surface area contributed by atoms with Crippen LogP contribution < -0.4 is 5.32 Å². The minimum absolute atomic E-state index is 0.0609. The van der Waals surface area contributed by atoms with Crippen molar-refractivity contribution in [2.75, 3.05) is 11.9 Å². The molecule has 122 valence electrons. The van der Waals surface area contributed by atoms with E-state index in [1.165, 1.54) is 0 Å². The Morgan fingerprint density at radius 1 is 1.43 bits per heavy atom. The van der Waals surface area contributed by atoms with Gasteiger partial charge in [-0.1, -0.05) is 36.7 Å². The Morgan fingerprint density at radius 3 is 2.96 bits per heavy atom. The number of amides is 2. The van der Waals surface area contributed by atoms with Gasteiger partial charge in [0.05, 0.1) is 11.7 Å². The van der Waals surface area contributed by atoms with Gasteiger partial charge < -0.3 is 14.7 Å². The minimum Gasteiger partial charge on any atom is -0.359 e. The number of urea groups is 1. The number of aromatic nitrogens is 1. The molecule has 0 bridgehead atoms. The van der Waals surface area contributed by atoms with E-state index in [-0.39, 0.29) is 12.1 Å². The second-order valence-electron chi connectivity index (χ2n) is 6.10. The first-order valence-corrected chi connectivity index (χ1v) is 8.22. The average molecular weight is 334 g/mol. The maximum absolute atomic E-state index is 12.6. The minimum atomic E-state index is -0.141. The van der Waals surface area contributed by atoms with Crippen LogP contribution in [-0.2, 0) is 0 Å². The largest absolute Gasteiger partial charge is 0.359 e. The number of carbonyl (C=O) groups excluding carboxylic acids is 1. The molecule has 1 aromatic heterocycles. The normalized spacial score (nSPS) is 17.7. The van der Waals surface area contributed by atoms with Crippen molar-refractivity contribution in [1.82, 2.24) is 10.1 Å². The molecule has 1 fully saturated rings. The fourth-order valence-electron chi connectivity index (χ4n) is 2.80. The zero-order valence-electron chi connectivity index (χ0n) is 13.3. The van der Waals surface area contributed by atoms with Crippen molar-refractivity contribution in [2.24, 2.45) is 0 Å². The molecule has 1 aromatic carbocycles. The summed E-state index contributed by atoms with van der Waals surface area (Å²) in [5.41, 5.74) is 1.61. The summed E-state index contributed by atoms with van der Waals surface area (Å²) in [4.78, 5) is 14.4. The zero-order chi connectivity index (χ0) is 16.4. The molecule has 1 aliphatic rings. The van der Waals surface area contributed by atoms with Gasteiger partial charge in [-0.05, 0) is 37.0 Å². The van der Waals surface area contributed by atoms with Crippen LogP contribution >= 0.6 is 11.6 Å². The molecule has 0 spiro atoms. The Kier molecular flexibility index (Phi) is 4.57. The Balaban J connectivity index is 1.74. The van der Waals surface area contributed by atoms with Gasteiger partial charge in [0.2, 0.25) is 0 Å². The highest BCUT2D eigenvalue weighted by Crippen LogP contribution is 2.33. The molecular formula is C17H20ClN3O2. The van der Waals surface area contributed by atoms with E-state index < -0.39 is 0 Å². The Bertz CT molecular complexity index is 699. The molecule has 1 aliphatic heterocycles. The van der Waals surface area contributed by atoms with E-state index in [0.29, 0.717) is 23.2 Å². The molecule has 2 amide bonds. The van der Waals surface area contributed by atoms with Gasteiger partial charge >= 0.3 is 6.03 Å². The van der Waals surface area contributed by atoms with Crippen LogP contribution in [-0.4, -0.2) is 22.6 Å². The van der Waals surface area contributed by atoms with Crippen molar-refractivity contribution in [3.8, 4) is 0 Å². The van der Waals surface area contributed by atoms with Crippen molar-refractivity contribution in [1.29, 1.82) is 0 Å². The fraction of sp³-hybridized carbons (Fsp3) is 0.412. The molecule has 0 saturated carbocycles. The lowest BCUT2D eigenvalue weighted by Gasteiger charge is -2.23. The maximum atomic E-state index is 12.6. The van der Waals surface area contributed by atoms with Crippen molar-refractivity contribution in [3.05, 3.63) is 46.8 Å². The van der Waals surface area contributed by atoms with Gasteiger partial charge in [0.15, 0.2) is 5.76 Å². The Morgan fingerprint density at radius 2 is 2.26 bits per heavy atom. The topological polar surface area (TPSA) is 58.4 Å². The summed E-state index contributed by atoms with van der Waals surface area (Å²) in [6.45, 7) is 4.84. The Hall–Kier alpha value is -2.01. The lowest BCUT2D eigenvalue weighted by atomic mass is 10.1. The summed E-state index contributed by atoms with van der Waals surface area (Å²) < 4.78 is 5.47. The predicted octanol–water partition coefficient (Wildman–Crippen LogP) is 4.82. The lowest BCUT2D eigenvalue weighted by Crippen LogP contribution is -2.34. The van der Waals surface area contributed by atoms with Gasteiger partial charge in [0.25, 0.3) is 0 Å². The third-order valence-electron chi connectivity index (χ3n) is 4.06. The van der Waals surface area contributed by atoms with Crippen molar-refractivity contribution in [3.63, 3.8) is 0 Å². The number of hydrogen-bond acceptors (Lipinski definition) is 3. The average Bonchev–Trinajstić information content (AvgIpc) is 3.16.